The Kier molecular flexibility index (Phi) is 6.02. The normalized spacial score (nSPS) is 15.4. The molecule has 1 saturated heterocycles. The van der Waals surface area contributed by atoms with Crippen LogP contribution in [0.25, 0.3) is 0 Å². The smallest absolute Gasteiger partial charge is 0.389 e. The molecule has 1 aliphatic rings. The van der Waals surface area contributed by atoms with E-state index in [-0.39, 0.29) is 24.3 Å². The number of nitro groups is 1. The highest BCUT2D eigenvalue weighted by Gasteiger charge is 2.24. The van der Waals surface area contributed by atoms with E-state index in [0.29, 0.717) is 6.54 Å². The van der Waals surface area contributed by atoms with Gasteiger partial charge in [0, 0.05) is 6.54 Å². The Morgan fingerprint density at radius 2 is 2.00 bits per heavy atom. The number of carbonyl (C=O) groups excluding carboxylic acids is 1. The molecule has 0 spiro atoms. The Balaban J connectivity index is 1.62. The number of carbonyl (C=O) groups is 1. The Labute approximate surface area is 157 Å². The Bertz CT molecular complexity index is 783. The molecule has 27 heavy (non-hydrogen) atoms. The van der Waals surface area contributed by atoms with E-state index in [2.05, 4.69) is 15.3 Å². The molecule has 0 saturated carbocycles. The molecule has 0 bridgehead atoms. The van der Waals surface area contributed by atoms with Crippen molar-refractivity contribution in [3.8, 4) is 5.75 Å². The summed E-state index contributed by atoms with van der Waals surface area (Å²) in [6.45, 7) is 2.41. The van der Waals surface area contributed by atoms with E-state index >= 15 is 0 Å². The van der Waals surface area contributed by atoms with Crippen LogP contribution in [-0.4, -0.2) is 52.3 Å². The van der Waals surface area contributed by atoms with Gasteiger partial charge in [-0.05, 0) is 48.6 Å². The molecule has 1 aliphatic heterocycles. The number of hydrogen-bond donors (Lipinski definition) is 1. The van der Waals surface area contributed by atoms with E-state index in [1.807, 2.05) is 24.3 Å². The van der Waals surface area contributed by atoms with Gasteiger partial charge in [0.1, 0.15) is 12.3 Å². The summed E-state index contributed by atoms with van der Waals surface area (Å²) in [5.74, 6) is 0.296. The van der Waals surface area contributed by atoms with Gasteiger partial charge >= 0.3 is 5.82 Å². The number of benzene rings is 1. The molecular formula is C18H23N5O4. The number of likely N-dealkylation sites (tertiary alicyclic amines) is 1. The molecule has 1 amide bonds. The monoisotopic (exact) mass is 373 g/mol. The van der Waals surface area contributed by atoms with Gasteiger partial charge in [0.2, 0.25) is 5.91 Å². The number of amides is 1. The molecule has 3 rings (SSSR count). The van der Waals surface area contributed by atoms with Crippen molar-refractivity contribution >= 4 is 11.7 Å². The first kappa shape index (κ1) is 18.8. The minimum atomic E-state index is -0.582. The molecule has 9 nitrogen and oxygen atoms in total. The molecule has 0 aliphatic carbocycles. The van der Waals surface area contributed by atoms with Gasteiger partial charge in [-0.1, -0.05) is 12.1 Å². The lowest BCUT2D eigenvalue weighted by Crippen LogP contribution is -2.38. The third-order valence-electron chi connectivity index (χ3n) is 4.69. The van der Waals surface area contributed by atoms with Crippen molar-refractivity contribution in [1.29, 1.82) is 0 Å². The number of nitrogens with one attached hydrogen (secondary N) is 1. The predicted molar refractivity (Wildman–Crippen MR) is 98.4 cm³/mol. The lowest BCUT2D eigenvalue weighted by molar-refractivity contribution is -0.389. The number of aromatic nitrogens is 2. The molecule has 1 aromatic heterocycles. The number of rotatable bonds is 8. The van der Waals surface area contributed by atoms with Gasteiger partial charge in [-0.3, -0.25) is 9.69 Å². The van der Waals surface area contributed by atoms with E-state index in [1.165, 1.54) is 16.9 Å². The third-order valence-corrected chi connectivity index (χ3v) is 4.69. The van der Waals surface area contributed by atoms with E-state index in [4.69, 9.17) is 4.74 Å². The zero-order valence-corrected chi connectivity index (χ0v) is 15.2. The number of hydrogen-bond acceptors (Lipinski definition) is 6. The van der Waals surface area contributed by atoms with Crippen LogP contribution in [0.15, 0.2) is 36.5 Å². The second kappa shape index (κ2) is 8.63. The van der Waals surface area contributed by atoms with Crippen LogP contribution in [0.5, 0.6) is 5.75 Å². The molecule has 1 fully saturated rings. The molecule has 0 radical (unpaired) electrons. The van der Waals surface area contributed by atoms with Crippen molar-refractivity contribution in [2.45, 2.75) is 25.4 Å². The fraction of sp³-hybridized carbons (Fsp3) is 0.444. The van der Waals surface area contributed by atoms with E-state index in [1.54, 1.807) is 7.11 Å². The minimum Gasteiger partial charge on any atom is -0.497 e. The molecule has 1 aromatic carbocycles. The van der Waals surface area contributed by atoms with Gasteiger partial charge in [-0.15, -0.1) is 0 Å². The molecule has 1 N–H and O–H groups in total. The highest BCUT2D eigenvalue weighted by molar-refractivity contribution is 5.75. The van der Waals surface area contributed by atoms with Crippen LogP contribution in [0.2, 0.25) is 0 Å². The molecular weight excluding hydrogens is 350 g/mol. The zero-order valence-electron chi connectivity index (χ0n) is 15.2. The SMILES string of the molecule is COc1ccc(C(CNC(=O)Cn2ccc([N+](=O)[O-])n2)N2CCCC2)cc1. The van der Waals surface area contributed by atoms with Crippen molar-refractivity contribution in [2.24, 2.45) is 0 Å². The number of ether oxygens (including phenoxy) is 1. The van der Waals surface area contributed by atoms with E-state index < -0.39 is 4.92 Å². The van der Waals surface area contributed by atoms with Crippen molar-refractivity contribution in [3.05, 3.63) is 52.2 Å². The highest BCUT2D eigenvalue weighted by Crippen LogP contribution is 2.26. The first-order valence-electron chi connectivity index (χ1n) is 8.89. The van der Waals surface area contributed by atoms with Crippen LogP contribution >= 0.6 is 0 Å². The van der Waals surface area contributed by atoms with Crippen LogP contribution in [-0.2, 0) is 11.3 Å². The zero-order chi connectivity index (χ0) is 19.2. The largest absolute Gasteiger partial charge is 0.497 e. The average molecular weight is 373 g/mol. The lowest BCUT2D eigenvalue weighted by Gasteiger charge is -2.28. The molecule has 2 aromatic rings. The maximum absolute atomic E-state index is 12.3. The summed E-state index contributed by atoms with van der Waals surface area (Å²) in [7, 11) is 1.63. The van der Waals surface area contributed by atoms with Gasteiger partial charge in [0.25, 0.3) is 0 Å². The van der Waals surface area contributed by atoms with Crippen molar-refractivity contribution < 1.29 is 14.5 Å². The summed E-state index contributed by atoms with van der Waals surface area (Å²) in [6, 6.07) is 9.23. The van der Waals surface area contributed by atoms with Gasteiger partial charge in [0.05, 0.1) is 30.5 Å². The van der Waals surface area contributed by atoms with Crippen LogP contribution < -0.4 is 10.1 Å². The lowest BCUT2D eigenvalue weighted by atomic mass is 10.1. The molecule has 144 valence electrons. The second-order valence-corrected chi connectivity index (χ2v) is 6.46. The topological polar surface area (TPSA) is 103 Å². The molecule has 9 heteroatoms. The summed E-state index contributed by atoms with van der Waals surface area (Å²) in [6.07, 6.45) is 3.73. The highest BCUT2D eigenvalue weighted by atomic mass is 16.6. The van der Waals surface area contributed by atoms with Gasteiger partial charge < -0.3 is 20.2 Å². The quantitative estimate of drug-likeness (QED) is 0.559. The maximum atomic E-state index is 12.3. The van der Waals surface area contributed by atoms with Crippen LogP contribution in [0.4, 0.5) is 5.82 Å². The van der Waals surface area contributed by atoms with Crippen LogP contribution in [0.3, 0.4) is 0 Å². The maximum Gasteiger partial charge on any atom is 0.389 e. The van der Waals surface area contributed by atoms with Gasteiger partial charge in [0.15, 0.2) is 0 Å². The van der Waals surface area contributed by atoms with Gasteiger partial charge in [-0.2, -0.15) is 4.68 Å². The number of nitrogens with zero attached hydrogens (tertiary/aromatic N) is 4. The van der Waals surface area contributed by atoms with Crippen LogP contribution in [0, 0.1) is 10.1 Å². The first-order chi connectivity index (χ1) is 13.1. The fourth-order valence-electron chi connectivity index (χ4n) is 3.29. The second-order valence-electron chi connectivity index (χ2n) is 6.46. The van der Waals surface area contributed by atoms with Gasteiger partial charge in [-0.25, -0.2) is 0 Å². The fourth-order valence-corrected chi connectivity index (χ4v) is 3.29. The Morgan fingerprint density at radius 3 is 2.59 bits per heavy atom. The summed E-state index contributed by atoms with van der Waals surface area (Å²) < 4.78 is 6.49. The first-order valence-corrected chi connectivity index (χ1v) is 8.89. The summed E-state index contributed by atoms with van der Waals surface area (Å²) >= 11 is 0. The Hall–Kier alpha value is -2.94. The summed E-state index contributed by atoms with van der Waals surface area (Å²) in [5.41, 5.74) is 1.12. The molecule has 2 heterocycles. The summed E-state index contributed by atoms with van der Waals surface area (Å²) in [5, 5.41) is 17.4. The molecule has 1 atom stereocenters. The van der Waals surface area contributed by atoms with Crippen LogP contribution in [0.1, 0.15) is 24.4 Å². The minimum absolute atomic E-state index is 0.0524. The Morgan fingerprint density at radius 1 is 1.30 bits per heavy atom. The van der Waals surface area contributed by atoms with Crippen molar-refractivity contribution in [2.75, 3.05) is 26.7 Å². The molecule has 1 unspecified atom stereocenters. The van der Waals surface area contributed by atoms with Crippen molar-refractivity contribution in [3.63, 3.8) is 0 Å². The standard InChI is InChI=1S/C18H23N5O4/c1-27-15-6-4-14(5-7-15)16(21-9-2-3-10-21)12-19-18(24)13-22-11-8-17(20-22)23(25)26/h4-8,11,16H,2-3,9-10,12-13H2,1H3,(H,19,24). The average Bonchev–Trinajstić information content (AvgIpc) is 3.35. The third kappa shape index (κ3) is 4.82. The van der Waals surface area contributed by atoms with E-state index in [0.717, 1.165) is 37.2 Å². The predicted octanol–water partition coefficient (Wildman–Crippen LogP) is 1.75. The van der Waals surface area contributed by atoms with Crippen molar-refractivity contribution in [1.82, 2.24) is 20.0 Å². The van der Waals surface area contributed by atoms with E-state index in [9.17, 15) is 14.9 Å². The number of methoxy groups -OCH3 is 1. The summed E-state index contributed by atoms with van der Waals surface area (Å²) in [4.78, 5) is 24.7.